The van der Waals surface area contributed by atoms with Gasteiger partial charge in [0.2, 0.25) is 0 Å². The molecule has 0 atom stereocenters. The molecule has 0 aliphatic rings. The summed E-state index contributed by atoms with van der Waals surface area (Å²) < 4.78 is 37.1. The number of aromatic nitrogens is 1. The van der Waals surface area contributed by atoms with Gasteiger partial charge in [-0.25, -0.2) is 17.8 Å². The number of carbonyl (C=O) groups is 1. The fourth-order valence-corrected chi connectivity index (χ4v) is 0.644. The minimum absolute atomic E-state index is 0.318. The van der Waals surface area contributed by atoms with E-state index in [2.05, 4.69) is 0 Å². The molecule has 6 nitrogen and oxygen atoms in total. The van der Waals surface area contributed by atoms with E-state index >= 15 is 0 Å². The first-order valence-electron chi connectivity index (χ1n) is 3.54. The Labute approximate surface area is 85.6 Å². The molecular formula is C7H8FNO5S. The quantitative estimate of drug-likeness (QED) is 0.408. The zero-order chi connectivity index (χ0) is 12.1. The third kappa shape index (κ3) is 8.78. The molecular weight excluding hydrogens is 229 g/mol. The predicted octanol–water partition coefficient (Wildman–Crippen LogP) is -0.375. The second-order valence-corrected chi connectivity index (χ2v) is 3.24. The van der Waals surface area contributed by atoms with Gasteiger partial charge in [-0.05, 0) is 0 Å². The smallest absolute Gasteiger partial charge is 0.336 e. The second-order valence-electron chi connectivity index (χ2n) is 2.45. The van der Waals surface area contributed by atoms with Crippen LogP contribution in [0.15, 0.2) is 24.5 Å². The maximum absolute atomic E-state index is 10.3. The number of carboxylic acid groups (broad SMARTS) is 1. The number of pyridine rings is 1. The van der Waals surface area contributed by atoms with Gasteiger partial charge in [0, 0.05) is 12.1 Å². The highest BCUT2D eigenvalue weighted by molar-refractivity contribution is 7.80. The fraction of sp³-hybridized carbons (Fsp3) is 0.143. The molecule has 1 rings (SSSR count). The molecule has 1 aromatic rings. The molecule has 1 aromatic heterocycles. The van der Waals surface area contributed by atoms with Crippen molar-refractivity contribution in [1.29, 1.82) is 0 Å². The van der Waals surface area contributed by atoms with Crippen LogP contribution >= 0.6 is 0 Å². The SMILES string of the molecule is C[n+]1ccc(C(=O)O)cc1.O=S(=O)([O-])F. The molecule has 0 aliphatic carbocycles. The minimum Gasteiger partial charge on any atom is -0.722 e. The molecule has 1 heterocycles. The molecule has 0 spiro atoms. The van der Waals surface area contributed by atoms with Gasteiger partial charge in [-0.3, -0.25) is 0 Å². The highest BCUT2D eigenvalue weighted by Crippen LogP contribution is 1.92. The Hall–Kier alpha value is -1.54. The average Bonchev–Trinajstić information content (AvgIpc) is 2.01. The minimum atomic E-state index is -5.42. The number of hydrogen-bond donors (Lipinski definition) is 1. The van der Waals surface area contributed by atoms with Crippen molar-refractivity contribution in [2.45, 2.75) is 0 Å². The first-order valence-corrected chi connectivity index (χ1v) is 4.85. The van der Waals surface area contributed by atoms with Crippen LogP contribution in [0.1, 0.15) is 10.4 Å². The molecule has 8 heteroatoms. The van der Waals surface area contributed by atoms with Crippen LogP contribution in [0.3, 0.4) is 0 Å². The molecule has 15 heavy (non-hydrogen) atoms. The van der Waals surface area contributed by atoms with E-state index in [1.165, 1.54) is 0 Å². The lowest BCUT2D eigenvalue weighted by atomic mass is 10.3. The monoisotopic (exact) mass is 237 g/mol. The first kappa shape index (κ1) is 13.5. The lowest BCUT2D eigenvalue weighted by Gasteiger charge is -1.88. The van der Waals surface area contributed by atoms with Gasteiger partial charge >= 0.3 is 5.97 Å². The summed E-state index contributed by atoms with van der Waals surface area (Å²) >= 11 is 0. The molecule has 0 saturated heterocycles. The normalized spacial score (nSPS) is 10.1. The van der Waals surface area contributed by atoms with Gasteiger partial charge in [-0.15, -0.1) is 3.89 Å². The Bertz CT molecular complexity index is 419. The van der Waals surface area contributed by atoms with E-state index in [4.69, 9.17) is 18.1 Å². The zero-order valence-electron chi connectivity index (χ0n) is 7.62. The number of aryl methyl sites for hydroxylation is 1. The van der Waals surface area contributed by atoms with Crippen molar-refractivity contribution in [1.82, 2.24) is 0 Å². The van der Waals surface area contributed by atoms with Gasteiger partial charge in [-0.1, -0.05) is 0 Å². The van der Waals surface area contributed by atoms with E-state index in [1.54, 1.807) is 29.1 Å². The molecule has 0 saturated carbocycles. The number of aromatic carboxylic acids is 1. The Balaban J connectivity index is 0.000000336. The van der Waals surface area contributed by atoms with Crippen LogP contribution < -0.4 is 4.57 Å². The summed E-state index contributed by atoms with van der Waals surface area (Å²) in [5.74, 6) is -0.888. The Morgan fingerprint density at radius 2 is 1.80 bits per heavy atom. The second kappa shape index (κ2) is 5.37. The van der Waals surface area contributed by atoms with Crippen LogP contribution in [-0.2, 0) is 17.6 Å². The van der Waals surface area contributed by atoms with E-state index in [0.29, 0.717) is 5.56 Å². The summed E-state index contributed by atoms with van der Waals surface area (Å²) in [6, 6.07) is 3.12. The highest BCUT2D eigenvalue weighted by Gasteiger charge is 2.01. The Morgan fingerprint density at radius 1 is 1.47 bits per heavy atom. The summed E-state index contributed by atoms with van der Waals surface area (Å²) in [6.45, 7) is 0. The average molecular weight is 237 g/mol. The Morgan fingerprint density at radius 3 is 2.07 bits per heavy atom. The van der Waals surface area contributed by atoms with Crippen molar-refractivity contribution in [3.8, 4) is 0 Å². The van der Waals surface area contributed by atoms with Crippen molar-refractivity contribution >= 4 is 16.5 Å². The predicted molar refractivity (Wildman–Crippen MR) is 45.4 cm³/mol. The molecule has 0 unspecified atom stereocenters. The summed E-state index contributed by atoms with van der Waals surface area (Å²) in [4.78, 5) is 10.3. The number of halogens is 1. The van der Waals surface area contributed by atoms with Gasteiger partial charge < -0.3 is 9.66 Å². The Kier molecular flexibility index (Phi) is 4.82. The third-order valence-electron chi connectivity index (χ3n) is 1.23. The standard InChI is InChI=1S/C7H7NO2.FHO3S/c1-8-4-2-6(3-5-8)7(9)10;1-5(2,3)4/h2-5H,1H3;(H,2,3,4). The lowest BCUT2D eigenvalue weighted by molar-refractivity contribution is -0.671. The van der Waals surface area contributed by atoms with Crippen LogP contribution in [0.5, 0.6) is 0 Å². The summed E-state index contributed by atoms with van der Waals surface area (Å²) in [6.07, 6.45) is 3.40. The van der Waals surface area contributed by atoms with E-state index in [1.807, 2.05) is 7.05 Å². The number of rotatable bonds is 1. The van der Waals surface area contributed by atoms with E-state index in [-0.39, 0.29) is 0 Å². The summed E-state index contributed by atoms with van der Waals surface area (Å²) in [7, 11) is -3.58. The molecule has 1 N–H and O–H groups in total. The van der Waals surface area contributed by atoms with Crippen LogP contribution in [0.25, 0.3) is 0 Å². The van der Waals surface area contributed by atoms with Crippen LogP contribution in [0.2, 0.25) is 0 Å². The van der Waals surface area contributed by atoms with Gasteiger partial charge in [0.25, 0.3) is 10.5 Å². The van der Waals surface area contributed by atoms with E-state index in [0.717, 1.165) is 0 Å². The maximum Gasteiger partial charge on any atom is 0.336 e. The first-order chi connectivity index (χ1) is 6.70. The van der Waals surface area contributed by atoms with Crippen molar-refractivity contribution in [3.05, 3.63) is 30.1 Å². The topological polar surface area (TPSA) is 98.4 Å². The molecule has 0 aliphatic heterocycles. The van der Waals surface area contributed by atoms with Crippen molar-refractivity contribution in [2.24, 2.45) is 7.05 Å². The van der Waals surface area contributed by atoms with E-state index in [9.17, 15) is 8.68 Å². The number of carboxylic acids is 1. The third-order valence-corrected chi connectivity index (χ3v) is 1.23. The van der Waals surface area contributed by atoms with Gasteiger partial charge in [0.15, 0.2) is 12.4 Å². The highest BCUT2D eigenvalue weighted by atomic mass is 32.3. The van der Waals surface area contributed by atoms with Crippen LogP contribution in [0, 0.1) is 0 Å². The molecule has 0 radical (unpaired) electrons. The molecule has 0 aromatic carbocycles. The molecule has 0 amide bonds. The maximum atomic E-state index is 10.3. The number of hydrogen-bond acceptors (Lipinski definition) is 4. The van der Waals surface area contributed by atoms with Crippen molar-refractivity contribution < 1.29 is 31.3 Å². The number of nitrogens with zero attached hydrogens (tertiary/aromatic N) is 1. The largest absolute Gasteiger partial charge is 0.722 e. The summed E-state index contributed by atoms with van der Waals surface area (Å²) in [5, 5.41) is 8.47. The zero-order valence-corrected chi connectivity index (χ0v) is 8.44. The molecule has 84 valence electrons. The van der Waals surface area contributed by atoms with Gasteiger partial charge in [0.1, 0.15) is 7.05 Å². The summed E-state index contributed by atoms with van der Waals surface area (Å²) in [5.41, 5.74) is 0.318. The lowest BCUT2D eigenvalue weighted by Crippen LogP contribution is -2.26. The van der Waals surface area contributed by atoms with Gasteiger partial charge in [-0.2, -0.15) is 0 Å². The van der Waals surface area contributed by atoms with Crippen molar-refractivity contribution in [3.63, 3.8) is 0 Å². The molecule has 0 fully saturated rings. The van der Waals surface area contributed by atoms with Crippen LogP contribution in [0.4, 0.5) is 3.89 Å². The van der Waals surface area contributed by atoms with E-state index < -0.39 is 16.5 Å². The van der Waals surface area contributed by atoms with Crippen LogP contribution in [-0.4, -0.2) is 24.0 Å². The van der Waals surface area contributed by atoms with Gasteiger partial charge in [0.05, 0.1) is 5.56 Å². The molecule has 0 bridgehead atoms. The fourth-order valence-electron chi connectivity index (χ4n) is 0.644. The van der Waals surface area contributed by atoms with Crippen molar-refractivity contribution in [2.75, 3.05) is 0 Å².